The van der Waals surface area contributed by atoms with Crippen molar-refractivity contribution in [3.05, 3.63) is 35.6 Å². The molecule has 1 heterocycles. The highest BCUT2D eigenvalue weighted by Gasteiger charge is 2.41. The first-order valence-electron chi connectivity index (χ1n) is 7.59. The largest absolute Gasteiger partial charge is 0.480 e. The van der Waals surface area contributed by atoms with Gasteiger partial charge in [-0.25, -0.2) is 9.18 Å². The van der Waals surface area contributed by atoms with Crippen LogP contribution in [0.4, 0.5) is 4.39 Å². The molecular weight excluding hydrogens is 319 g/mol. The molecule has 0 radical (unpaired) electrons. The topological polar surface area (TPSA) is 105 Å². The van der Waals surface area contributed by atoms with Gasteiger partial charge in [-0.2, -0.15) is 0 Å². The third kappa shape index (κ3) is 4.29. The summed E-state index contributed by atoms with van der Waals surface area (Å²) in [5, 5.41) is 14.3. The van der Waals surface area contributed by atoms with Gasteiger partial charge in [0, 0.05) is 39.0 Å². The zero-order valence-corrected chi connectivity index (χ0v) is 13.0. The van der Waals surface area contributed by atoms with Gasteiger partial charge in [0.05, 0.1) is 5.56 Å². The van der Waals surface area contributed by atoms with Gasteiger partial charge in [-0.15, -0.1) is 0 Å². The SMILES string of the molecule is O=C(CCNC(=O)c1ccccc1F)NC1(C(=O)O)CCOCC1. The number of ether oxygens (including phenoxy) is 1. The maximum Gasteiger partial charge on any atom is 0.329 e. The summed E-state index contributed by atoms with van der Waals surface area (Å²) in [6.07, 6.45) is 0.279. The maximum atomic E-state index is 13.5. The molecule has 24 heavy (non-hydrogen) atoms. The average Bonchev–Trinajstić information content (AvgIpc) is 2.55. The van der Waals surface area contributed by atoms with Crippen LogP contribution in [0.5, 0.6) is 0 Å². The Morgan fingerprint density at radius 3 is 2.50 bits per heavy atom. The van der Waals surface area contributed by atoms with Crippen LogP contribution < -0.4 is 10.6 Å². The van der Waals surface area contributed by atoms with Crippen LogP contribution >= 0.6 is 0 Å². The number of carboxylic acids is 1. The Balaban J connectivity index is 1.83. The van der Waals surface area contributed by atoms with Gasteiger partial charge in [0.1, 0.15) is 11.4 Å². The molecule has 2 amide bonds. The van der Waals surface area contributed by atoms with E-state index >= 15 is 0 Å². The van der Waals surface area contributed by atoms with Crippen LogP contribution in [0.15, 0.2) is 24.3 Å². The average molecular weight is 338 g/mol. The summed E-state index contributed by atoms with van der Waals surface area (Å²) in [6, 6.07) is 5.51. The highest BCUT2D eigenvalue weighted by atomic mass is 19.1. The molecule has 1 aromatic rings. The van der Waals surface area contributed by atoms with Crippen molar-refractivity contribution in [3.63, 3.8) is 0 Å². The molecule has 0 atom stereocenters. The van der Waals surface area contributed by atoms with Gasteiger partial charge < -0.3 is 20.5 Å². The lowest BCUT2D eigenvalue weighted by molar-refractivity contribution is -0.152. The van der Waals surface area contributed by atoms with E-state index in [1.54, 1.807) is 0 Å². The summed E-state index contributed by atoms with van der Waals surface area (Å²) in [5.74, 6) is -2.87. The van der Waals surface area contributed by atoms with Gasteiger partial charge in [0.2, 0.25) is 5.91 Å². The first kappa shape index (κ1) is 17.9. The second-order valence-electron chi connectivity index (χ2n) is 5.53. The number of carbonyl (C=O) groups excluding carboxylic acids is 2. The molecule has 1 aliphatic rings. The van der Waals surface area contributed by atoms with Crippen molar-refractivity contribution >= 4 is 17.8 Å². The number of carbonyl (C=O) groups is 3. The predicted molar refractivity (Wildman–Crippen MR) is 81.9 cm³/mol. The van der Waals surface area contributed by atoms with E-state index in [9.17, 15) is 23.9 Å². The molecule has 130 valence electrons. The molecule has 0 unspecified atom stereocenters. The zero-order chi connectivity index (χ0) is 17.6. The molecule has 0 aliphatic carbocycles. The molecule has 0 aromatic heterocycles. The van der Waals surface area contributed by atoms with Crippen molar-refractivity contribution < 1.29 is 28.6 Å². The lowest BCUT2D eigenvalue weighted by Gasteiger charge is -2.33. The first-order valence-corrected chi connectivity index (χ1v) is 7.59. The third-order valence-corrected chi connectivity index (χ3v) is 3.89. The van der Waals surface area contributed by atoms with E-state index in [1.165, 1.54) is 24.3 Å². The van der Waals surface area contributed by atoms with Crippen LogP contribution in [-0.4, -0.2) is 48.2 Å². The minimum Gasteiger partial charge on any atom is -0.480 e. The molecule has 1 fully saturated rings. The molecule has 0 saturated carbocycles. The number of aliphatic carboxylic acids is 1. The summed E-state index contributed by atoms with van der Waals surface area (Å²) in [6.45, 7) is 0.498. The van der Waals surface area contributed by atoms with E-state index in [2.05, 4.69) is 10.6 Å². The third-order valence-electron chi connectivity index (χ3n) is 3.89. The summed E-state index contributed by atoms with van der Waals surface area (Å²) >= 11 is 0. The number of amides is 2. The smallest absolute Gasteiger partial charge is 0.329 e. The Kier molecular flexibility index (Phi) is 5.86. The molecule has 1 aromatic carbocycles. The van der Waals surface area contributed by atoms with Gasteiger partial charge in [0.15, 0.2) is 0 Å². The highest BCUT2D eigenvalue weighted by molar-refractivity contribution is 5.94. The van der Waals surface area contributed by atoms with Crippen LogP contribution in [0.3, 0.4) is 0 Å². The summed E-state index contributed by atoms with van der Waals surface area (Å²) in [4.78, 5) is 35.2. The number of nitrogens with one attached hydrogen (secondary N) is 2. The lowest BCUT2D eigenvalue weighted by Crippen LogP contribution is -2.57. The van der Waals surface area contributed by atoms with Crippen LogP contribution in [0.2, 0.25) is 0 Å². The van der Waals surface area contributed by atoms with Crippen LogP contribution in [0.25, 0.3) is 0 Å². The van der Waals surface area contributed by atoms with Crippen LogP contribution in [-0.2, 0) is 14.3 Å². The molecule has 0 spiro atoms. The fourth-order valence-electron chi connectivity index (χ4n) is 2.47. The van der Waals surface area contributed by atoms with Crippen molar-refractivity contribution in [1.29, 1.82) is 0 Å². The van der Waals surface area contributed by atoms with Crippen LogP contribution in [0, 0.1) is 5.82 Å². The molecule has 3 N–H and O–H groups in total. The quantitative estimate of drug-likeness (QED) is 0.708. The fraction of sp³-hybridized carbons (Fsp3) is 0.438. The molecular formula is C16H19FN2O5. The number of hydrogen-bond acceptors (Lipinski definition) is 4. The van der Waals surface area contributed by atoms with Crippen molar-refractivity contribution in [2.24, 2.45) is 0 Å². The Hall–Kier alpha value is -2.48. The molecule has 2 rings (SSSR count). The number of benzene rings is 1. The van der Waals surface area contributed by atoms with Crippen molar-refractivity contribution in [1.82, 2.24) is 10.6 Å². The maximum absolute atomic E-state index is 13.5. The monoisotopic (exact) mass is 338 g/mol. The number of carboxylic acid groups (broad SMARTS) is 1. The molecule has 0 bridgehead atoms. The zero-order valence-electron chi connectivity index (χ0n) is 13.0. The van der Waals surface area contributed by atoms with Crippen LogP contribution in [0.1, 0.15) is 29.6 Å². The van der Waals surface area contributed by atoms with Gasteiger partial charge in [0.25, 0.3) is 5.91 Å². The molecule has 1 aliphatic heterocycles. The number of halogens is 1. The number of hydrogen-bond donors (Lipinski definition) is 3. The summed E-state index contributed by atoms with van der Waals surface area (Å²) < 4.78 is 18.6. The first-order chi connectivity index (χ1) is 11.4. The standard InChI is InChI=1S/C16H19FN2O5/c17-12-4-2-1-3-11(12)14(21)18-8-5-13(20)19-16(15(22)23)6-9-24-10-7-16/h1-4H,5-10H2,(H,18,21)(H,19,20)(H,22,23). The Morgan fingerprint density at radius 2 is 1.88 bits per heavy atom. The highest BCUT2D eigenvalue weighted by Crippen LogP contribution is 2.21. The van der Waals surface area contributed by atoms with E-state index in [1.807, 2.05) is 0 Å². The van der Waals surface area contributed by atoms with Crippen molar-refractivity contribution in [2.45, 2.75) is 24.8 Å². The number of rotatable bonds is 6. The van der Waals surface area contributed by atoms with Gasteiger partial charge in [-0.05, 0) is 12.1 Å². The van der Waals surface area contributed by atoms with E-state index in [0.29, 0.717) is 0 Å². The van der Waals surface area contributed by atoms with Gasteiger partial charge in [-0.3, -0.25) is 9.59 Å². The second-order valence-corrected chi connectivity index (χ2v) is 5.53. The summed E-state index contributed by atoms with van der Waals surface area (Å²) in [5.41, 5.74) is -1.44. The van der Waals surface area contributed by atoms with E-state index in [0.717, 1.165) is 0 Å². The molecule has 1 saturated heterocycles. The summed E-state index contributed by atoms with van der Waals surface area (Å²) in [7, 11) is 0. The minimum absolute atomic E-state index is 0.0226. The van der Waals surface area contributed by atoms with Crippen molar-refractivity contribution in [3.8, 4) is 0 Å². The van der Waals surface area contributed by atoms with E-state index in [-0.39, 0.29) is 44.6 Å². The Bertz CT molecular complexity index is 629. The van der Waals surface area contributed by atoms with Gasteiger partial charge in [-0.1, -0.05) is 12.1 Å². The molecule has 7 nitrogen and oxygen atoms in total. The Labute approximate surface area is 138 Å². The van der Waals surface area contributed by atoms with E-state index < -0.39 is 29.1 Å². The lowest BCUT2D eigenvalue weighted by atomic mass is 9.90. The predicted octanol–water partition coefficient (Wildman–Crippen LogP) is 0.696. The van der Waals surface area contributed by atoms with Gasteiger partial charge >= 0.3 is 5.97 Å². The second kappa shape index (κ2) is 7.87. The normalized spacial score (nSPS) is 16.2. The Morgan fingerprint density at radius 1 is 1.21 bits per heavy atom. The fourth-order valence-corrected chi connectivity index (χ4v) is 2.47. The molecule has 8 heteroatoms. The van der Waals surface area contributed by atoms with E-state index in [4.69, 9.17) is 4.74 Å². The van der Waals surface area contributed by atoms with Crippen molar-refractivity contribution in [2.75, 3.05) is 19.8 Å². The minimum atomic E-state index is -1.33.